The van der Waals surface area contributed by atoms with Crippen LogP contribution in [0.4, 0.5) is 4.79 Å². The fourth-order valence-electron chi connectivity index (χ4n) is 2.82. The summed E-state index contributed by atoms with van der Waals surface area (Å²) in [6, 6.07) is 15.6. The first-order valence-electron chi connectivity index (χ1n) is 8.93. The molecular formula is C21H24N4O2. The van der Waals surface area contributed by atoms with Crippen LogP contribution in [-0.2, 0) is 6.54 Å². The summed E-state index contributed by atoms with van der Waals surface area (Å²) in [5, 5.41) is 9.88. The number of aromatic nitrogens is 2. The molecule has 0 radical (unpaired) electrons. The summed E-state index contributed by atoms with van der Waals surface area (Å²) in [6.45, 7) is 5.33. The maximum absolute atomic E-state index is 12.0. The molecule has 0 fully saturated rings. The van der Waals surface area contributed by atoms with Crippen molar-refractivity contribution < 1.29 is 9.53 Å². The van der Waals surface area contributed by atoms with Gasteiger partial charge in [-0.2, -0.15) is 5.10 Å². The monoisotopic (exact) mass is 364 g/mol. The SMILES string of the molecule is Cc1cccc(C)c1OCCNC(=O)NCc1cccc(-n2cccn2)c1. The average molecular weight is 364 g/mol. The van der Waals surface area contributed by atoms with Crippen molar-refractivity contribution in [3.8, 4) is 11.4 Å². The first kappa shape index (κ1) is 18.5. The third kappa shape index (κ3) is 5.10. The number of benzene rings is 2. The number of aryl methyl sites for hydroxylation is 2. The van der Waals surface area contributed by atoms with Crippen LogP contribution in [0, 0.1) is 13.8 Å². The Morgan fingerprint density at radius 3 is 2.59 bits per heavy atom. The van der Waals surface area contributed by atoms with Crippen LogP contribution in [0.1, 0.15) is 16.7 Å². The third-order valence-electron chi connectivity index (χ3n) is 4.18. The summed E-state index contributed by atoms with van der Waals surface area (Å²) in [5.41, 5.74) is 4.15. The Morgan fingerprint density at radius 2 is 1.85 bits per heavy atom. The number of hydrogen-bond acceptors (Lipinski definition) is 3. The van der Waals surface area contributed by atoms with Crippen molar-refractivity contribution in [2.45, 2.75) is 20.4 Å². The molecule has 0 bridgehead atoms. The summed E-state index contributed by atoms with van der Waals surface area (Å²) < 4.78 is 7.57. The topological polar surface area (TPSA) is 68.2 Å². The van der Waals surface area contributed by atoms with Crippen molar-refractivity contribution in [1.82, 2.24) is 20.4 Å². The highest BCUT2D eigenvalue weighted by molar-refractivity contribution is 5.73. The van der Waals surface area contributed by atoms with Crippen molar-refractivity contribution in [3.63, 3.8) is 0 Å². The molecule has 3 aromatic rings. The van der Waals surface area contributed by atoms with Crippen LogP contribution < -0.4 is 15.4 Å². The van der Waals surface area contributed by atoms with Gasteiger partial charge in [-0.1, -0.05) is 30.3 Å². The summed E-state index contributed by atoms with van der Waals surface area (Å²) >= 11 is 0. The number of ether oxygens (including phenoxy) is 1. The van der Waals surface area contributed by atoms with Crippen molar-refractivity contribution in [2.75, 3.05) is 13.2 Å². The first-order chi connectivity index (χ1) is 13.1. The lowest BCUT2D eigenvalue weighted by molar-refractivity contribution is 0.236. The zero-order chi connectivity index (χ0) is 19.1. The molecule has 0 aliphatic carbocycles. The van der Waals surface area contributed by atoms with Gasteiger partial charge in [0.15, 0.2) is 0 Å². The van der Waals surface area contributed by atoms with Gasteiger partial charge >= 0.3 is 6.03 Å². The van der Waals surface area contributed by atoms with E-state index in [1.165, 1.54) is 0 Å². The van der Waals surface area contributed by atoms with Crippen LogP contribution in [-0.4, -0.2) is 29.0 Å². The predicted octanol–water partition coefficient (Wildman–Crippen LogP) is 3.37. The Labute approximate surface area is 159 Å². The van der Waals surface area contributed by atoms with Gasteiger partial charge in [0, 0.05) is 18.9 Å². The minimum Gasteiger partial charge on any atom is -0.491 e. The minimum absolute atomic E-state index is 0.218. The Hall–Kier alpha value is -3.28. The largest absolute Gasteiger partial charge is 0.491 e. The van der Waals surface area contributed by atoms with Crippen molar-refractivity contribution in [2.24, 2.45) is 0 Å². The number of hydrogen-bond donors (Lipinski definition) is 2. The summed E-state index contributed by atoms with van der Waals surface area (Å²) in [4.78, 5) is 12.0. The Bertz CT molecular complexity index is 871. The molecule has 1 heterocycles. The molecule has 3 rings (SSSR count). The number of carbonyl (C=O) groups excluding carboxylic acids is 1. The molecule has 140 valence electrons. The molecule has 0 saturated carbocycles. The molecule has 2 aromatic carbocycles. The number of para-hydroxylation sites is 1. The number of amides is 2. The highest BCUT2D eigenvalue weighted by Crippen LogP contribution is 2.21. The third-order valence-corrected chi connectivity index (χ3v) is 4.18. The molecule has 0 saturated heterocycles. The Morgan fingerprint density at radius 1 is 1.07 bits per heavy atom. The molecule has 0 unspecified atom stereocenters. The van der Waals surface area contributed by atoms with Gasteiger partial charge in [0.2, 0.25) is 0 Å². The fraction of sp³-hybridized carbons (Fsp3) is 0.238. The van der Waals surface area contributed by atoms with Gasteiger partial charge in [-0.05, 0) is 48.7 Å². The van der Waals surface area contributed by atoms with E-state index in [1.54, 1.807) is 10.9 Å². The van der Waals surface area contributed by atoms with E-state index in [4.69, 9.17) is 4.74 Å². The van der Waals surface area contributed by atoms with Crippen molar-refractivity contribution in [3.05, 3.63) is 77.6 Å². The second-order valence-corrected chi connectivity index (χ2v) is 6.30. The first-order valence-corrected chi connectivity index (χ1v) is 8.93. The van der Waals surface area contributed by atoms with Crippen LogP contribution in [0.5, 0.6) is 5.75 Å². The standard InChI is InChI=1S/C21H24N4O2/c1-16-6-3-7-17(2)20(16)27-13-11-22-21(26)23-15-18-8-4-9-19(14-18)25-12-5-10-24-25/h3-10,12,14H,11,13,15H2,1-2H3,(H2,22,23,26). The van der Waals surface area contributed by atoms with E-state index in [9.17, 15) is 4.79 Å². The van der Waals surface area contributed by atoms with Crippen molar-refractivity contribution >= 4 is 6.03 Å². The number of rotatable bonds is 7. The van der Waals surface area contributed by atoms with Gasteiger partial charge in [0.05, 0.1) is 12.2 Å². The zero-order valence-electron chi connectivity index (χ0n) is 15.6. The second kappa shape index (κ2) is 8.89. The number of nitrogens with one attached hydrogen (secondary N) is 2. The number of urea groups is 1. The van der Waals surface area contributed by atoms with Gasteiger partial charge in [0.25, 0.3) is 0 Å². The van der Waals surface area contributed by atoms with E-state index in [0.29, 0.717) is 19.7 Å². The molecule has 2 N–H and O–H groups in total. The number of carbonyl (C=O) groups is 1. The summed E-state index contributed by atoms with van der Waals surface area (Å²) in [6.07, 6.45) is 3.62. The fourth-order valence-corrected chi connectivity index (χ4v) is 2.82. The highest BCUT2D eigenvalue weighted by Gasteiger charge is 2.05. The maximum Gasteiger partial charge on any atom is 0.315 e. The molecular weight excluding hydrogens is 340 g/mol. The van der Waals surface area contributed by atoms with Gasteiger partial charge in [-0.15, -0.1) is 0 Å². The maximum atomic E-state index is 12.0. The van der Waals surface area contributed by atoms with Crippen molar-refractivity contribution in [1.29, 1.82) is 0 Å². The van der Waals surface area contributed by atoms with Crippen LogP contribution in [0.2, 0.25) is 0 Å². The van der Waals surface area contributed by atoms with E-state index in [2.05, 4.69) is 15.7 Å². The van der Waals surface area contributed by atoms with E-state index in [-0.39, 0.29) is 6.03 Å². The predicted molar refractivity (Wildman–Crippen MR) is 105 cm³/mol. The molecule has 0 aliphatic heterocycles. The molecule has 2 amide bonds. The van der Waals surface area contributed by atoms with Crippen LogP contribution in [0.25, 0.3) is 5.69 Å². The quantitative estimate of drug-likeness (QED) is 0.632. The summed E-state index contributed by atoms with van der Waals surface area (Å²) in [7, 11) is 0. The Balaban J connectivity index is 1.42. The molecule has 0 atom stereocenters. The van der Waals surface area contributed by atoms with Crippen LogP contribution in [0.3, 0.4) is 0 Å². The molecule has 6 heteroatoms. The van der Waals surface area contributed by atoms with Gasteiger partial charge in [-0.3, -0.25) is 0 Å². The molecule has 0 aliphatic rings. The average Bonchev–Trinajstić information content (AvgIpc) is 3.20. The minimum atomic E-state index is -0.218. The lowest BCUT2D eigenvalue weighted by Crippen LogP contribution is -2.37. The van der Waals surface area contributed by atoms with Gasteiger partial charge < -0.3 is 15.4 Å². The van der Waals surface area contributed by atoms with Gasteiger partial charge in [0.1, 0.15) is 12.4 Å². The smallest absolute Gasteiger partial charge is 0.315 e. The lowest BCUT2D eigenvalue weighted by atomic mass is 10.1. The zero-order valence-corrected chi connectivity index (χ0v) is 15.6. The van der Waals surface area contributed by atoms with Gasteiger partial charge in [-0.25, -0.2) is 9.48 Å². The number of nitrogens with zero attached hydrogens (tertiary/aromatic N) is 2. The van der Waals surface area contributed by atoms with E-state index in [0.717, 1.165) is 28.1 Å². The van der Waals surface area contributed by atoms with Crippen LogP contribution in [0.15, 0.2) is 60.9 Å². The highest BCUT2D eigenvalue weighted by atomic mass is 16.5. The normalized spacial score (nSPS) is 10.4. The van der Waals surface area contributed by atoms with E-state index >= 15 is 0 Å². The summed E-state index contributed by atoms with van der Waals surface area (Å²) in [5.74, 6) is 0.884. The molecule has 27 heavy (non-hydrogen) atoms. The molecule has 0 spiro atoms. The van der Waals surface area contributed by atoms with E-state index < -0.39 is 0 Å². The molecule has 6 nitrogen and oxygen atoms in total. The van der Waals surface area contributed by atoms with Crippen LogP contribution >= 0.6 is 0 Å². The van der Waals surface area contributed by atoms with E-state index in [1.807, 2.05) is 68.6 Å². The lowest BCUT2D eigenvalue weighted by Gasteiger charge is -2.13. The molecule has 1 aromatic heterocycles. The second-order valence-electron chi connectivity index (χ2n) is 6.30. The Kier molecular flexibility index (Phi) is 6.10.